The molecule has 0 bridgehead atoms. The topological polar surface area (TPSA) is 54.5 Å². The summed E-state index contributed by atoms with van der Waals surface area (Å²) in [7, 11) is 0. The van der Waals surface area contributed by atoms with Crippen molar-refractivity contribution < 1.29 is 0 Å². The van der Waals surface area contributed by atoms with Gasteiger partial charge in [-0.3, -0.25) is 9.67 Å². The monoisotopic (exact) mass is 418 g/mol. The smallest absolute Gasteiger partial charge is 0.112 e. The molecule has 4 aromatic rings. The second-order valence-electron chi connectivity index (χ2n) is 7.16. The molecule has 0 aliphatic rings. The average Bonchev–Trinajstić information content (AvgIpc) is 3.07. The van der Waals surface area contributed by atoms with Crippen molar-refractivity contribution in [2.24, 2.45) is 0 Å². The van der Waals surface area contributed by atoms with Gasteiger partial charge in [0.05, 0.1) is 28.9 Å². The molecule has 0 saturated carbocycles. The number of rotatable bonds is 3. The number of aromatic nitrogens is 3. The van der Waals surface area contributed by atoms with Gasteiger partial charge in [-0.25, -0.2) is 0 Å². The molecular formula is C22H19BrN4. The molecule has 4 rings (SSSR count). The normalized spacial score (nSPS) is 11.8. The van der Waals surface area contributed by atoms with Gasteiger partial charge in [-0.15, -0.1) is 0 Å². The lowest BCUT2D eigenvalue weighted by molar-refractivity contribution is 0.674. The quantitative estimate of drug-likeness (QED) is 0.420. The fourth-order valence-electron chi connectivity index (χ4n) is 3.42. The summed E-state index contributed by atoms with van der Waals surface area (Å²) in [6.07, 6.45) is 1.84. The summed E-state index contributed by atoms with van der Waals surface area (Å²) in [6, 6.07) is 16.7. The van der Waals surface area contributed by atoms with Gasteiger partial charge < -0.3 is 0 Å². The lowest BCUT2D eigenvalue weighted by Crippen LogP contribution is -2.13. The number of nitriles is 1. The molecular weight excluding hydrogens is 400 g/mol. The molecule has 2 aromatic carbocycles. The molecule has 4 nitrogen and oxygen atoms in total. The molecule has 0 unspecified atom stereocenters. The molecule has 0 aliphatic carbocycles. The summed E-state index contributed by atoms with van der Waals surface area (Å²) < 4.78 is 3.04. The molecule has 0 fully saturated rings. The third-order valence-electron chi connectivity index (χ3n) is 4.99. The zero-order valence-electron chi connectivity index (χ0n) is 15.5. The van der Waals surface area contributed by atoms with Crippen LogP contribution in [0.15, 0.2) is 53.1 Å². The Morgan fingerprint density at radius 1 is 1.11 bits per heavy atom. The third kappa shape index (κ3) is 2.90. The fraction of sp³-hybridized carbons (Fsp3) is 0.227. The van der Waals surface area contributed by atoms with E-state index < -0.39 is 5.41 Å². The van der Waals surface area contributed by atoms with Crippen molar-refractivity contribution in [1.29, 1.82) is 5.26 Å². The molecule has 0 aliphatic heterocycles. The first-order valence-corrected chi connectivity index (χ1v) is 9.71. The van der Waals surface area contributed by atoms with Crippen LogP contribution in [0.25, 0.3) is 33.1 Å². The van der Waals surface area contributed by atoms with Crippen LogP contribution < -0.4 is 0 Å². The second kappa shape index (κ2) is 6.47. The van der Waals surface area contributed by atoms with Crippen LogP contribution in [0.2, 0.25) is 0 Å². The van der Waals surface area contributed by atoms with Crippen LogP contribution in [-0.2, 0) is 12.0 Å². The van der Waals surface area contributed by atoms with Crippen LogP contribution in [-0.4, -0.2) is 14.8 Å². The maximum atomic E-state index is 9.39. The summed E-state index contributed by atoms with van der Waals surface area (Å²) in [6.45, 7) is 6.73. The van der Waals surface area contributed by atoms with Gasteiger partial charge in [-0.1, -0.05) is 40.2 Å². The molecule has 0 amide bonds. The Morgan fingerprint density at radius 3 is 2.52 bits per heavy atom. The van der Waals surface area contributed by atoms with E-state index in [9.17, 15) is 5.26 Å². The predicted octanol–water partition coefficient (Wildman–Crippen LogP) is 5.84. The summed E-state index contributed by atoms with van der Waals surface area (Å²) >= 11 is 3.58. The van der Waals surface area contributed by atoms with E-state index >= 15 is 0 Å². The molecule has 0 atom stereocenters. The predicted molar refractivity (Wildman–Crippen MR) is 112 cm³/mol. The Kier molecular flexibility index (Phi) is 4.24. The molecule has 0 N–H and O–H groups in total. The molecule has 0 radical (unpaired) electrons. The van der Waals surface area contributed by atoms with Crippen LogP contribution >= 0.6 is 15.9 Å². The highest BCUT2D eigenvalue weighted by Crippen LogP contribution is 2.35. The van der Waals surface area contributed by atoms with E-state index in [0.717, 1.165) is 49.6 Å². The van der Waals surface area contributed by atoms with Gasteiger partial charge in [0.25, 0.3) is 0 Å². The minimum Gasteiger partial charge on any atom is -0.264 e. The van der Waals surface area contributed by atoms with Crippen molar-refractivity contribution in [2.45, 2.75) is 32.7 Å². The highest BCUT2D eigenvalue weighted by molar-refractivity contribution is 9.10. The second-order valence-corrected chi connectivity index (χ2v) is 8.07. The number of nitrogens with zero attached hydrogens (tertiary/aromatic N) is 4. The van der Waals surface area contributed by atoms with Crippen molar-refractivity contribution in [1.82, 2.24) is 14.8 Å². The van der Waals surface area contributed by atoms with E-state index in [0.29, 0.717) is 0 Å². The van der Waals surface area contributed by atoms with E-state index in [1.165, 1.54) is 0 Å². The molecule has 27 heavy (non-hydrogen) atoms. The first kappa shape index (κ1) is 17.7. The van der Waals surface area contributed by atoms with Crippen molar-refractivity contribution in [3.8, 4) is 17.3 Å². The Hall–Kier alpha value is -2.71. The molecule has 2 heterocycles. The van der Waals surface area contributed by atoms with Crippen LogP contribution in [0.3, 0.4) is 0 Å². The largest absolute Gasteiger partial charge is 0.264 e. The van der Waals surface area contributed by atoms with Crippen molar-refractivity contribution >= 4 is 37.7 Å². The van der Waals surface area contributed by atoms with Gasteiger partial charge in [-0.05, 0) is 44.5 Å². The van der Waals surface area contributed by atoms with Crippen molar-refractivity contribution in [3.63, 3.8) is 0 Å². The van der Waals surface area contributed by atoms with Crippen LogP contribution in [0, 0.1) is 11.3 Å². The Labute approximate surface area is 166 Å². The summed E-state index contributed by atoms with van der Waals surface area (Å²) in [5, 5.41) is 16.3. The number of fused-ring (bicyclic) bond motifs is 3. The number of aryl methyl sites for hydroxylation is 1. The van der Waals surface area contributed by atoms with Gasteiger partial charge in [0, 0.05) is 27.4 Å². The standard InChI is InChI=1S/C22H19BrN4/c1-4-27-21(14-5-7-15(8-6-14)22(2,3)13-24)20-17-11-16(23)9-10-18(17)25-12-19(20)26-27/h5-12H,4H2,1-3H3. The van der Waals surface area contributed by atoms with Gasteiger partial charge in [-0.2, -0.15) is 10.4 Å². The fourth-order valence-corrected chi connectivity index (χ4v) is 3.78. The number of hydrogen-bond donors (Lipinski definition) is 0. The number of benzene rings is 2. The summed E-state index contributed by atoms with van der Waals surface area (Å²) in [4.78, 5) is 4.56. The lowest BCUT2D eigenvalue weighted by Gasteiger charge is -2.16. The van der Waals surface area contributed by atoms with E-state index in [-0.39, 0.29) is 0 Å². The third-order valence-corrected chi connectivity index (χ3v) is 5.49. The highest BCUT2D eigenvalue weighted by Gasteiger charge is 2.21. The molecule has 5 heteroatoms. The Bertz CT molecular complexity index is 1200. The number of pyridine rings is 1. The van der Waals surface area contributed by atoms with E-state index in [2.05, 4.69) is 52.1 Å². The molecule has 0 spiro atoms. The van der Waals surface area contributed by atoms with Crippen LogP contribution in [0.5, 0.6) is 0 Å². The first-order chi connectivity index (χ1) is 12.9. The Balaban J connectivity index is 2.01. The maximum Gasteiger partial charge on any atom is 0.112 e. The van der Waals surface area contributed by atoms with E-state index in [1.54, 1.807) is 0 Å². The SMILES string of the molecule is CCn1nc2cnc3ccc(Br)cc3c2c1-c1ccc(C(C)(C)C#N)cc1. The maximum absolute atomic E-state index is 9.39. The minimum absolute atomic E-state index is 0.507. The van der Waals surface area contributed by atoms with Gasteiger partial charge in [0.2, 0.25) is 0 Å². The average molecular weight is 419 g/mol. The molecule has 0 saturated heterocycles. The minimum atomic E-state index is -0.507. The number of hydrogen-bond acceptors (Lipinski definition) is 3. The summed E-state index contributed by atoms with van der Waals surface area (Å²) in [5.41, 5.74) is 4.51. The first-order valence-electron chi connectivity index (χ1n) is 8.91. The van der Waals surface area contributed by atoms with Gasteiger partial charge in [0.1, 0.15) is 5.52 Å². The van der Waals surface area contributed by atoms with Crippen molar-refractivity contribution in [3.05, 3.63) is 58.7 Å². The Morgan fingerprint density at radius 2 is 1.85 bits per heavy atom. The number of halogens is 1. The zero-order valence-corrected chi connectivity index (χ0v) is 17.1. The molecule has 2 aromatic heterocycles. The van der Waals surface area contributed by atoms with Gasteiger partial charge >= 0.3 is 0 Å². The summed E-state index contributed by atoms with van der Waals surface area (Å²) in [5.74, 6) is 0. The van der Waals surface area contributed by atoms with E-state index in [1.807, 2.05) is 49.0 Å². The van der Waals surface area contributed by atoms with Crippen molar-refractivity contribution in [2.75, 3.05) is 0 Å². The van der Waals surface area contributed by atoms with Gasteiger partial charge in [0.15, 0.2) is 0 Å². The van der Waals surface area contributed by atoms with Crippen LogP contribution in [0.4, 0.5) is 0 Å². The van der Waals surface area contributed by atoms with E-state index in [4.69, 9.17) is 5.10 Å². The zero-order chi connectivity index (χ0) is 19.2. The lowest BCUT2D eigenvalue weighted by atomic mass is 9.86. The highest BCUT2D eigenvalue weighted by atomic mass is 79.9. The van der Waals surface area contributed by atoms with Crippen LogP contribution in [0.1, 0.15) is 26.3 Å². The molecule has 134 valence electrons.